The summed E-state index contributed by atoms with van der Waals surface area (Å²) in [5, 5.41) is 24.2. The Morgan fingerprint density at radius 1 is 1.30 bits per heavy atom. The first-order chi connectivity index (χ1) is 15.8. The molecule has 0 spiro atoms. The highest BCUT2D eigenvalue weighted by atomic mass is 16.6. The van der Waals surface area contributed by atoms with E-state index in [-0.39, 0.29) is 0 Å². The molecule has 3 fully saturated rings. The van der Waals surface area contributed by atoms with E-state index < -0.39 is 12.2 Å². The van der Waals surface area contributed by atoms with Gasteiger partial charge in [-0.25, -0.2) is 0 Å². The highest BCUT2D eigenvalue weighted by Gasteiger charge is 2.50. The Hall–Kier alpha value is -1.69. The van der Waals surface area contributed by atoms with Gasteiger partial charge in [0, 0.05) is 13.0 Å². The zero-order valence-corrected chi connectivity index (χ0v) is 20.8. The van der Waals surface area contributed by atoms with Crippen LogP contribution in [-0.4, -0.2) is 48.0 Å². The number of fused-ring (bicyclic) bond motifs is 1. The van der Waals surface area contributed by atoms with E-state index in [1.807, 2.05) is 6.92 Å². The molecule has 33 heavy (non-hydrogen) atoms. The molecule has 0 bridgehead atoms. The summed E-state index contributed by atoms with van der Waals surface area (Å²) in [7, 11) is 0. The number of hydrogen-bond acceptors (Lipinski definition) is 5. The predicted octanol–water partition coefficient (Wildman–Crippen LogP) is 5.36. The zero-order valence-electron chi connectivity index (χ0n) is 20.8. The van der Waals surface area contributed by atoms with Crippen molar-refractivity contribution in [3.63, 3.8) is 0 Å². The summed E-state index contributed by atoms with van der Waals surface area (Å²) in [6.45, 7) is 16.1. The van der Waals surface area contributed by atoms with Crippen LogP contribution in [0.15, 0.2) is 53.3 Å². The van der Waals surface area contributed by atoms with E-state index in [4.69, 9.17) is 9.57 Å². The van der Waals surface area contributed by atoms with Crippen LogP contribution in [0.4, 0.5) is 0 Å². The summed E-state index contributed by atoms with van der Waals surface area (Å²) in [4.78, 5) is 5.13. The molecule has 0 heterocycles. The second-order valence-corrected chi connectivity index (χ2v) is 10.6. The van der Waals surface area contributed by atoms with Gasteiger partial charge in [0.05, 0.1) is 24.5 Å². The van der Waals surface area contributed by atoms with E-state index in [1.165, 1.54) is 31.3 Å². The SMILES string of the molecule is C=CCO/N=C(\C)COC[C@@H](C)[C@H]1CC[C@H]2/C(=C/C=C3/C[C@@H](O)C[C@H](O)C3=C)CCC[C@]12C. The molecular formula is C28H43NO4. The van der Waals surface area contributed by atoms with E-state index in [2.05, 4.69) is 44.3 Å². The van der Waals surface area contributed by atoms with Gasteiger partial charge in [-0.2, -0.15) is 0 Å². The number of aliphatic hydroxyl groups excluding tert-OH is 2. The van der Waals surface area contributed by atoms with E-state index in [0.717, 1.165) is 29.9 Å². The standard InChI is InChI=1S/C28H43NO4/c1-6-14-33-29-20(3)18-32-17-19(2)25-11-12-26-22(8-7-13-28(25,26)5)9-10-23-15-24(30)16-27(31)21(23)4/h6,9-10,19,24-27,30-31H,1,4,7-8,11-18H2,2-3,5H3/b22-9+,23-10-,29-20+/t19-,24-,25-,26+,27+,28-/m1/s1. The third kappa shape index (κ3) is 6.26. The summed E-state index contributed by atoms with van der Waals surface area (Å²) < 4.78 is 5.99. The number of aliphatic hydroxyl groups is 2. The lowest BCUT2D eigenvalue weighted by Gasteiger charge is -2.44. The van der Waals surface area contributed by atoms with Crippen LogP contribution in [0.25, 0.3) is 0 Å². The van der Waals surface area contributed by atoms with Crippen LogP contribution in [0.5, 0.6) is 0 Å². The van der Waals surface area contributed by atoms with E-state index in [0.29, 0.717) is 49.2 Å². The van der Waals surface area contributed by atoms with Crippen molar-refractivity contribution in [3.8, 4) is 0 Å². The summed E-state index contributed by atoms with van der Waals surface area (Å²) >= 11 is 0. The first-order valence-corrected chi connectivity index (χ1v) is 12.5. The van der Waals surface area contributed by atoms with Crippen molar-refractivity contribution in [1.29, 1.82) is 0 Å². The van der Waals surface area contributed by atoms with Crippen molar-refractivity contribution in [2.45, 2.75) is 77.9 Å². The monoisotopic (exact) mass is 457 g/mol. The lowest BCUT2D eigenvalue weighted by atomic mass is 9.61. The fourth-order valence-corrected chi connectivity index (χ4v) is 6.41. The summed E-state index contributed by atoms with van der Waals surface area (Å²) in [6.07, 6.45) is 12.0. The highest BCUT2D eigenvalue weighted by Crippen LogP contribution is 2.59. The number of allylic oxidation sites excluding steroid dienone is 3. The van der Waals surface area contributed by atoms with Gasteiger partial charge in [0.1, 0.15) is 6.61 Å². The maximum absolute atomic E-state index is 10.2. The normalized spacial score (nSPS) is 36.2. The van der Waals surface area contributed by atoms with Gasteiger partial charge in [-0.05, 0) is 79.8 Å². The van der Waals surface area contributed by atoms with Gasteiger partial charge in [-0.1, -0.05) is 56.0 Å². The fourth-order valence-electron chi connectivity index (χ4n) is 6.41. The van der Waals surface area contributed by atoms with Crippen LogP contribution in [0.3, 0.4) is 0 Å². The van der Waals surface area contributed by atoms with E-state index in [1.54, 1.807) is 6.08 Å². The van der Waals surface area contributed by atoms with Crippen LogP contribution in [-0.2, 0) is 9.57 Å². The molecule has 184 valence electrons. The smallest absolute Gasteiger partial charge is 0.135 e. The Morgan fingerprint density at radius 2 is 2.09 bits per heavy atom. The Kier molecular flexibility index (Phi) is 9.14. The van der Waals surface area contributed by atoms with Gasteiger partial charge in [-0.3, -0.25) is 0 Å². The molecule has 3 aliphatic rings. The number of oxime groups is 1. The lowest BCUT2D eigenvalue weighted by molar-refractivity contribution is 0.0448. The van der Waals surface area contributed by atoms with Gasteiger partial charge in [0.2, 0.25) is 0 Å². The summed E-state index contributed by atoms with van der Waals surface area (Å²) in [5.74, 6) is 1.72. The second-order valence-electron chi connectivity index (χ2n) is 10.6. The largest absolute Gasteiger partial charge is 0.393 e. The number of hydrogen-bond donors (Lipinski definition) is 2. The van der Waals surface area contributed by atoms with E-state index in [9.17, 15) is 10.2 Å². The number of rotatable bonds is 9. The third-order valence-corrected chi connectivity index (χ3v) is 8.09. The van der Waals surface area contributed by atoms with Crippen LogP contribution in [0.2, 0.25) is 0 Å². The second kappa shape index (κ2) is 11.6. The Morgan fingerprint density at radius 3 is 2.85 bits per heavy atom. The van der Waals surface area contributed by atoms with Gasteiger partial charge in [0.15, 0.2) is 0 Å². The van der Waals surface area contributed by atoms with Gasteiger partial charge >= 0.3 is 0 Å². The highest BCUT2D eigenvalue weighted by molar-refractivity contribution is 5.82. The summed E-state index contributed by atoms with van der Waals surface area (Å²) in [5.41, 5.74) is 4.42. The minimum Gasteiger partial charge on any atom is -0.393 e. The van der Waals surface area contributed by atoms with Gasteiger partial charge in [-0.15, -0.1) is 0 Å². The number of ether oxygens (including phenoxy) is 1. The minimum absolute atomic E-state index is 0.296. The van der Waals surface area contributed by atoms with Gasteiger partial charge < -0.3 is 19.8 Å². The Bertz CT molecular complexity index is 798. The first-order valence-electron chi connectivity index (χ1n) is 12.5. The van der Waals surface area contributed by atoms with Crippen molar-refractivity contribution in [2.75, 3.05) is 19.8 Å². The quantitative estimate of drug-likeness (QED) is 0.212. The molecule has 0 radical (unpaired) electrons. The molecule has 0 aromatic carbocycles. The maximum atomic E-state index is 10.2. The van der Waals surface area contributed by atoms with Crippen molar-refractivity contribution in [3.05, 3.63) is 48.1 Å². The molecule has 5 heteroatoms. The molecule has 2 N–H and O–H groups in total. The Balaban J connectivity index is 1.62. The van der Waals surface area contributed by atoms with Gasteiger partial charge in [0.25, 0.3) is 0 Å². The third-order valence-electron chi connectivity index (χ3n) is 8.09. The Labute approximate surface area is 199 Å². The van der Waals surface area contributed by atoms with Crippen molar-refractivity contribution >= 4 is 5.71 Å². The molecule has 5 nitrogen and oxygen atoms in total. The fraction of sp³-hybridized carbons (Fsp3) is 0.679. The lowest BCUT2D eigenvalue weighted by Crippen LogP contribution is -2.37. The molecular weight excluding hydrogens is 414 g/mol. The van der Waals surface area contributed by atoms with Crippen LogP contribution >= 0.6 is 0 Å². The molecule has 0 aromatic rings. The molecule has 3 rings (SSSR count). The molecule has 3 aliphatic carbocycles. The first kappa shape index (κ1) is 25.9. The molecule has 3 saturated carbocycles. The van der Waals surface area contributed by atoms with E-state index >= 15 is 0 Å². The van der Waals surface area contributed by atoms with Crippen molar-refractivity contribution in [2.24, 2.45) is 28.3 Å². The molecule has 0 amide bonds. The average molecular weight is 458 g/mol. The predicted molar refractivity (Wildman–Crippen MR) is 134 cm³/mol. The van der Waals surface area contributed by atoms with Crippen LogP contribution < -0.4 is 0 Å². The zero-order chi connectivity index (χ0) is 24.0. The molecule has 0 saturated heterocycles. The molecule has 0 aliphatic heterocycles. The van der Waals surface area contributed by atoms with Crippen molar-refractivity contribution < 1.29 is 19.8 Å². The molecule has 6 atom stereocenters. The topological polar surface area (TPSA) is 71.3 Å². The maximum Gasteiger partial charge on any atom is 0.135 e. The number of nitrogens with zero attached hydrogens (tertiary/aromatic N) is 1. The summed E-state index contributed by atoms with van der Waals surface area (Å²) in [6, 6.07) is 0. The molecule has 0 aromatic heterocycles. The minimum atomic E-state index is -0.631. The molecule has 0 unspecified atom stereocenters. The van der Waals surface area contributed by atoms with Crippen LogP contribution in [0, 0.1) is 23.2 Å². The average Bonchev–Trinajstić information content (AvgIpc) is 3.13. The van der Waals surface area contributed by atoms with Crippen LogP contribution in [0.1, 0.15) is 65.7 Å². The van der Waals surface area contributed by atoms with Crippen molar-refractivity contribution in [1.82, 2.24) is 0 Å².